The number of nitrogens with one attached hydrogen (secondary N) is 2. The van der Waals surface area contributed by atoms with E-state index < -0.39 is 24.4 Å². The molecule has 0 unspecified atom stereocenters. The van der Waals surface area contributed by atoms with E-state index in [-0.39, 0.29) is 12.0 Å². The molecule has 0 aliphatic heterocycles. The van der Waals surface area contributed by atoms with Crippen LogP contribution in [0.25, 0.3) is 10.8 Å². The first-order chi connectivity index (χ1) is 14.0. The number of hydrogen-bond donors (Lipinski definition) is 2. The summed E-state index contributed by atoms with van der Waals surface area (Å²) in [4.78, 5) is 47.8. The zero-order valence-electron chi connectivity index (χ0n) is 15.5. The van der Waals surface area contributed by atoms with Crippen molar-refractivity contribution < 1.29 is 19.1 Å². The van der Waals surface area contributed by atoms with Crippen molar-refractivity contribution in [3.8, 4) is 0 Å². The van der Waals surface area contributed by atoms with E-state index in [0.29, 0.717) is 22.0 Å². The summed E-state index contributed by atoms with van der Waals surface area (Å²) >= 11 is 0. The molecule has 2 amide bonds. The van der Waals surface area contributed by atoms with Gasteiger partial charge < -0.3 is 4.74 Å². The summed E-state index contributed by atoms with van der Waals surface area (Å²) in [6.07, 6.45) is -0.210. The fourth-order valence-corrected chi connectivity index (χ4v) is 2.66. The Kier molecular flexibility index (Phi) is 5.98. The van der Waals surface area contributed by atoms with Crippen molar-refractivity contribution in [3.05, 3.63) is 76.2 Å². The molecular weight excluding hydrogens is 376 g/mol. The second-order valence-electron chi connectivity index (χ2n) is 6.13. The molecule has 0 saturated carbocycles. The molecule has 1 heterocycles. The van der Waals surface area contributed by atoms with E-state index in [2.05, 4.69) is 16.0 Å². The molecule has 3 aromatic rings. The van der Waals surface area contributed by atoms with Crippen LogP contribution >= 0.6 is 0 Å². The average Bonchev–Trinajstić information content (AvgIpc) is 2.74. The van der Waals surface area contributed by atoms with E-state index in [9.17, 15) is 19.2 Å². The van der Waals surface area contributed by atoms with Gasteiger partial charge in [0, 0.05) is 18.0 Å². The molecule has 0 aliphatic carbocycles. The zero-order chi connectivity index (χ0) is 20.8. The maximum Gasteiger partial charge on any atom is 0.312 e. The van der Waals surface area contributed by atoms with E-state index in [1.54, 1.807) is 54.6 Å². The largest absolute Gasteiger partial charge is 0.455 e. The van der Waals surface area contributed by atoms with E-state index in [4.69, 9.17) is 4.74 Å². The third-order valence-corrected chi connectivity index (χ3v) is 4.06. The van der Waals surface area contributed by atoms with Crippen LogP contribution in [0.5, 0.6) is 0 Å². The number of nitrogens with zero attached hydrogens (tertiary/aromatic N) is 2. The highest BCUT2D eigenvalue weighted by atomic mass is 16.5. The number of esters is 1. The van der Waals surface area contributed by atoms with Gasteiger partial charge in [-0.05, 0) is 18.2 Å². The van der Waals surface area contributed by atoms with Crippen LogP contribution in [0.15, 0.2) is 59.4 Å². The SMILES string of the molecule is Cn1nc(CC(=O)OCC(=O)NNC(=O)c2ccccc2)c2ccccc2c1=O. The van der Waals surface area contributed by atoms with Gasteiger partial charge in [-0.25, -0.2) is 4.68 Å². The van der Waals surface area contributed by atoms with Gasteiger partial charge in [-0.15, -0.1) is 0 Å². The first-order valence-corrected chi connectivity index (χ1v) is 8.70. The standard InChI is InChI=1S/C20H18N4O5/c1-24-20(28)15-10-6-5-9-14(15)16(23-24)11-18(26)29-12-17(25)21-22-19(27)13-7-3-2-4-8-13/h2-10H,11-12H2,1H3,(H,21,25)(H,22,27). The van der Waals surface area contributed by atoms with Crippen molar-refractivity contribution in [2.45, 2.75) is 6.42 Å². The number of aryl methyl sites for hydroxylation is 1. The molecule has 9 heteroatoms. The number of carbonyl (C=O) groups excluding carboxylic acids is 3. The molecule has 0 radical (unpaired) electrons. The second kappa shape index (κ2) is 8.79. The first-order valence-electron chi connectivity index (χ1n) is 8.70. The second-order valence-corrected chi connectivity index (χ2v) is 6.13. The third-order valence-electron chi connectivity index (χ3n) is 4.06. The summed E-state index contributed by atoms with van der Waals surface area (Å²) in [5.74, 6) is -1.88. The molecule has 3 rings (SSSR count). The summed E-state index contributed by atoms with van der Waals surface area (Å²) in [7, 11) is 1.49. The van der Waals surface area contributed by atoms with E-state index in [0.717, 1.165) is 4.68 Å². The van der Waals surface area contributed by atoms with Gasteiger partial charge in [-0.3, -0.25) is 30.0 Å². The van der Waals surface area contributed by atoms with Crippen LogP contribution in [0.2, 0.25) is 0 Å². The van der Waals surface area contributed by atoms with Crippen molar-refractivity contribution in [2.75, 3.05) is 6.61 Å². The molecule has 2 N–H and O–H groups in total. The van der Waals surface area contributed by atoms with Crippen molar-refractivity contribution in [1.29, 1.82) is 0 Å². The van der Waals surface area contributed by atoms with Crippen LogP contribution in [0.4, 0.5) is 0 Å². The number of carbonyl (C=O) groups is 3. The molecule has 0 saturated heterocycles. The minimum absolute atomic E-state index is 0.210. The number of hydrazine groups is 1. The number of aromatic nitrogens is 2. The Bertz CT molecular complexity index is 1120. The number of benzene rings is 2. The van der Waals surface area contributed by atoms with Crippen LogP contribution in [-0.2, 0) is 27.8 Å². The van der Waals surface area contributed by atoms with Gasteiger partial charge >= 0.3 is 5.97 Å². The van der Waals surface area contributed by atoms with Gasteiger partial charge in [0.1, 0.15) is 0 Å². The molecule has 0 spiro atoms. The predicted molar refractivity (Wildman–Crippen MR) is 104 cm³/mol. The summed E-state index contributed by atoms with van der Waals surface area (Å²) in [6, 6.07) is 15.1. The topological polar surface area (TPSA) is 119 Å². The molecule has 9 nitrogen and oxygen atoms in total. The Morgan fingerprint density at radius 1 is 0.966 bits per heavy atom. The van der Waals surface area contributed by atoms with Crippen LogP contribution in [-0.4, -0.2) is 34.2 Å². The van der Waals surface area contributed by atoms with Crippen molar-refractivity contribution >= 4 is 28.6 Å². The van der Waals surface area contributed by atoms with Crippen LogP contribution in [0, 0.1) is 0 Å². The van der Waals surface area contributed by atoms with Crippen molar-refractivity contribution in [1.82, 2.24) is 20.6 Å². The van der Waals surface area contributed by atoms with E-state index >= 15 is 0 Å². The summed E-state index contributed by atoms with van der Waals surface area (Å²) in [5.41, 5.74) is 4.87. The lowest BCUT2D eigenvalue weighted by Gasteiger charge is -2.09. The Hall–Kier alpha value is -4.01. The molecule has 0 fully saturated rings. The lowest BCUT2D eigenvalue weighted by atomic mass is 10.1. The van der Waals surface area contributed by atoms with Gasteiger partial charge in [-0.1, -0.05) is 36.4 Å². The fraction of sp³-hybridized carbons (Fsp3) is 0.150. The smallest absolute Gasteiger partial charge is 0.312 e. The molecule has 0 aliphatic rings. The van der Waals surface area contributed by atoms with Crippen LogP contribution in [0.1, 0.15) is 16.1 Å². The van der Waals surface area contributed by atoms with Gasteiger partial charge in [0.15, 0.2) is 6.61 Å². The molecule has 0 atom stereocenters. The molecule has 29 heavy (non-hydrogen) atoms. The normalized spacial score (nSPS) is 10.4. The zero-order valence-corrected chi connectivity index (χ0v) is 15.5. The van der Waals surface area contributed by atoms with E-state index in [1.165, 1.54) is 7.05 Å². The molecular formula is C20H18N4O5. The highest BCUT2D eigenvalue weighted by Gasteiger charge is 2.15. The molecule has 2 aromatic carbocycles. The lowest BCUT2D eigenvalue weighted by molar-refractivity contribution is -0.148. The number of ether oxygens (including phenoxy) is 1. The summed E-state index contributed by atoms with van der Waals surface area (Å²) < 4.78 is 6.08. The number of hydrogen-bond acceptors (Lipinski definition) is 6. The van der Waals surface area contributed by atoms with E-state index in [1.807, 2.05) is 0 Å². The predicted octanol–water partition coefficient (Wildman–Crippen LogP) is 0.480. The Morgan fingerprint density at radius 2 is 1.62 bits per heavy atom. The monoisotopic (exact) mass is 394 g/mol. The number of amides is 2. The molecule has 0 bridgehead atoms. The Labute approximate surface area is 165 Å². The van der Waals surface area contributed by atoms with Gasteiger partial charge in [0.25, 0.3) is 17.4 Å². The summed E-state index contributed by atoms with van der Waals surface area (Å²) in [6.45, 7) is -0.572. The molecule has 148 valence electrons. The summed E-state index contributed by atoms with van der Waals surface area (Å²) in [5, 5.41) is 5.09. The van der Waals surface area contributed by atoms with Crippen LogP contribution < -0.4 is 16.4 Å². The average molecular weight is 394 g/mol. The quantitative estimate of drug-likeness (QED) is 0.480. The minimum Gasteiger partial charge on any atom is -0.455 e. The fourth-order valence-electron chi connectivity index (χ4n) is 2.66. The van der Waals surface area contributed by atoms with Gasteiger partial charge in [0.2, 0.25) is 0 Å². The van der Waals surface area contributed by atoms with Gasteiger partial charge in [0.05, 0.1) is 17.5 Å². The Morgan fingerprint density at radius 3 is 2.34 bits per heavy atom. The first kappa shape index (κ1) is 19.7. The van der Waals surface area contributed by atoms with Crippen LogP contribution in [0.3, 0.4) is 0 Å². The number of fused-ring (bicyclic) bond motifs is 1. The lowest BCUT2D eigenvalue weighted by Crippen LogP contribution is -2.43. The molecule has 1 aromatic heterocycles. The van der Waals surface area contributed by atoms with Gasteiger partial charge in [-0.2, -0.15) is 5.10 Å². The third kappa shape index (κ3) is 4.83. The maximum atomic E-state index is 12.1. The minimum atomic E-state index is -0.694. The highest BCUT2D eigenvalue weighted by Crippen LogP contribution is 2.13. The van der Waals surface area contributed by atoms with Crippen molar-refractivity contribution in [2.24, 2.45) is 7.05 Å². The Balaban J connectivity index is 1.55. The van der Waals surface area contributed by atoms with Crippen molar-refractivity contribution in [3.63, 3.8) is 0 Å². The highest BCUT2D eigenvalue weighted by molar-refractivity contribution is 5.95. The maximum absolute atomic E-state index is 12.1. The number of rotatable bonds is 5.